The molecule has 0 radical (unpaired) electrons. The molecule has 0 saturated carbocycles. The zero-order chi connectivity index (χ0) is 32.3. The number of rotatable bonds is 4. The molecule has 9 aromatic rings. The van der Waals surface area contributed by atoms with Crippen molar-refractivity contribution in [3.63, 3.8) is 0 Å². The SMILES string of the molecule is C1=CCCC(c2nc(-c3ccccc3)nc(-c3ccc4sc5ccc(-c6ccc7c8ccccc8c8ccccc8c7c6)cc5c4c3)n2)=C1. The molecule has 1 aliphatic carbocycles. The van der Waals surface area contributed by atoms with Gasteiger partial charge in [-0.3, -0.25) is 0 Å². The van der Waals surface area contributed by atoms with Crippen LogP contribution in [0.4, 0.5) is 0 Å². The van der Waals surface area contributed by atoms with Gasteiger partial charge in [0.15, 0.2) is 17.5 Å². The van der Waals surface area contributed by atoms with Crippen molar-refractivity contribution in [3.05, 3.63) is 158 Å². The average molecular weight is 644 g/mol. The second kappa shape index (κ2) is 11.3. The zero-order valence-electron chi connectivity index (χ0n) is 26.6. The van der Waals surface area contributed by atoms with Gasteiger partial charge in [0.2, 0.25) is 0 Å². The molecule has 4 heteroatoms. The fourth-order valence-electron chi connectivity index (χ4n) is 7.34. The normalized spacial score (nSPS) is 13.2. The molecule has 0 saturated heterocycles. The highest BCUT2D eigenvalue weighted by atomic mass is 32.1. The summed E-state index contributed by atoms with van der Waals surface area (Å²) in [5.74, 6) is 2.15. The Kier molecular flexibility index (Phi) is 6.49. The maximum Gasteiger partial charge on any atom is 0.164 e. The molecule has 2 heterocycles. The fourth-order valence-corrected chi connectivity index (χ4v) is 8.40. The van der Waals surface area contributed by atoms with Crippen molar-refractivity contribution in [1.29, 1.82) is 0 Å². The molecule has 0 unspecified atom stereocenters. The molecule has 0 fully saturated rings. The summed E-state index contributed by atoms with van der Waals surface area (Å²) in [6.45, 7) is 0. The van der Waals surface area contributed by atoms with Gasteiger partial charge >= 0.3 is 0 Å². The van der Waals surface area contributed by atoms with Gasteiger partial charge in [-0.2, -0.15) is 0 Å². The molecule has 10 rings (SSSR count). The van der Waals surface area contributed by atoms with E-state index in [9.17, 15) is 0 Å². The van der Waals surface area contributed by atoms with E-state index in [4.69, 9.17) is 15.0 Å². The summed E-state index contributed by atoms with van der Waals surface area (Å²) in [4.78, 5) is 15.0. The van der Waals surface area contributed by atoms with E-state index in [1.54, 1.807) is 0 Å². The third kappa shape index (κ3) is 4.75. The van der Waals surface area contributed by atoms with Crippen LogP contribution in [-0.2, 0) is 0 Å². The van der Waals surface area contributed by atoms with Gasteiger partial charge in [-0.1, -0.05) is 115 Å². The van der Waals surface area contributed by atoms with Crippen molar-refractivity contribution in [3.8, 4) is 33.9 Å². The van der Waals surface area contributed by atoms with Crippen LogP contribution < -0.4 is 0 Å². The zero-order valence-corrected chi connectivity index (χ0v) is 27.4. The topological polar surface area (TPSA) is 38.7 Å². The van der Waals surface area contributed by atoms with Crippen molar-refractivity contribution < 1.29 is 0 Å². The molecule has 230 valence electrons. The van der Waals surface area contributed by atoms with Crippen LogP contribution >= 0.6 is 11.3 Å². The number of thiophene rings is 1. The van der Waals surface area contributed by atoms with Crippen LogP contribution in [0.5, 0.6) is 0 Å². The van der Waals surface area contributed by atoms with E-state index >= 15 is 0 Å². The van der Waals surface area contributed by atoms with Crippen molar-refractivity contribution in [1.82, 2.24) is 15.0 Å². The Bertz CT molecular complexity index is 2790. The van der Waals surface area contributed by atoms with E-state index in [0.717, 1.165) is 35.4 Å². The number of nitrogens with zero attached hydrogens (tertiary/aromatic N) is 3. The molecule has 0 aliphatic heterocycles. The summed E-state index contributed by atoms with van der Waals surface area (Å²) >= 11 is 1.83. The Morgan fingerprint density at radius 2 is 0.918 bits per heavy atom. The minimum absolute atomic E-state index is 0.699. The summed E-state index contributed by atoms with van der Waals surface area (Å²) in [7, 11) is 0. The Morgan fingerprint density at radius 3 is 1.57 bits per heavy atom. The first-order valence-corrected chi connectivity index (χ1v) is 17.6. The van der Waals surface area contributed by atoms with Gasteiger partial charge in [0.05, 0.1) is 0 Å². The summed E-state index contributed by atoms with van der Waals surface area (Å²) in [6, 6.07) is 48.2. The number of aromatic nitrogens is 3. The maximum absolute atomic E-state index is 5.04. The Labute approximate surface area is 287 Å². The molecule has 0 N–H and O–H groups in total. The van der Waals surface area contributed by atoms with Gasteiger partial charge in [0.25, 0.3) is 0 Å². The van der Waals surface area contributed by atoms with Crippen molar-refractivity contribution >= 4 is 69.4 Å². The monoisotopic (exact) mass is 643 g/mol. The first-order chi connectivity index (χ1) is 24.3. The van der Waals surface area contributed by atoms with Crippen LogP contribution in [0, 0.1) is 0 Å². The van der Waals surface area contributed by atoms with Crippen molar-refractivity contribution in [2.75, 3.05) is 0 Å². The van der Waals surface area contributed by atoms with Gasteiger partial charge in [-0.15, -0.1) is 11.3 Å². The predicted molar refractivity (Wildman–Crippen MR) is 208 cm³/mol. The minimum Gasteiger partial charge on any atom is -0.209 e. The average Bonchev–Trinajstić information content (AvgIpc) is 3.55. The molecule has 1 aliphatic rings. The molecule has 49 heavy (non-hydrogen) atoms. The van der Waals surface area contributed by atoms with Gasteiger partial charge in [-0.25, -0.2) is 15.0 Å². The minimum atomic E-state index is 0.699. The Hall–Kier alpha value is -5.97. The Morgan fingerprint density at radius 1 is 0.408 bits per heavy atom. The lowest BCUT2D eigenvalue weighted by molar-refractivity contribution is 0.978. The molecule has 0 bridgehead atoms. The van der Waals surface area contributed by atoms with Crippen LogP contribution in [0.3, 0.4) is 0 Å². The van der Waals surface area contributed by atoms with E-state index in [-0.39, 0.29) is 0 Å². The number of hydrogen-bond donors (Lipinski definition) is 0. The first-order valence-electron chi connectivity index (χ1n) is 16.7. The van der Waals surface area contributed by atoms with Gasteiger partial charge in [0.1, 0.15) is 0 Å². The van der Waals surface area contributed by atoms with Gasteiger partial charge in [-0.05, 0) is 98.3 Å². The number of benzene rings is 7. The lowest BCUT2D eigenvalue weighted by Crippen LogP contribution is -2.03. The lowest BCUT2D eigenvalue weighted by atomic mass is 9.92. The molecule has 0 spiro atoms. The number of allylic oxidation sites excluding steroid dienone is 4. The summed E-state index contributed by atoms with van der Waals surface area (Å²) in [5.41, 5.74) is 5.56. The first kappa shape index (κ1) is 28.1. The van der Waals surface area contributed by atoms with Crippen LogP contribution in [0.25, 0.3) is 92.0 Å². The van der Waals surface area contributed by atoms with E-state index < -0.39 is 0 Å². The molecule has 7 aromatic carbocycles. The smallest absolute Gasteiger partial charge is 0.164 e. The molecular formula is C45H29N3S. The van der Waals surface area contributed by atoms with Crippen LogP contribution in [0.1, 0.15) is 18.7 Å². The summed E-state index contributed by atoms with van der Waals surface area (Å²) in [6.07, 6.45) is 8.34. The van der Waals surface area contributed by atoms with Crippen LogP contribution in [0.15, 0.2) is 152 Å². The number of hydrogen-bond acceptors (Lipinski definition) is 4. The fraction of sp³-hybridized carbons (Fsp3) is 0.0444. The highest BCUT2D eigenvalue weighted by Crippen LogP contribution is 2.41. The van der Waals surface area contributed by atoms with E-state index in [1.165, 1.54) is 63.6 Å². The molecule has 0 atom stereocenters. The second-order valence-electron chi connectivity index (χ2n) is 12.7. The summed E-state index contributed by atoms with van der Waals surface area (Å²) in [5, 5.41) is 10.2. The number of fused-ring (bicyclic) bond motifs is 9. The standard InChI is InChI=1S/C45H29N3S/c1-3-11-28(12-4-1)43-46-44(29-13-5-2-6-14-29)48-45(47-43)32-21-24-42-40(27-32)39-26-31(20-23-41(39)49-42)30-19-22-37-35-17-8-7-15-33(35)34-16-9-10-18-36(34)38(37)25-30/h1-5,7-13,15-27H,6,14H2. The molecule has 0 amide bonds. The molecular weight excluding hydrogens is 615 g/mol. The van der Waals surface area contributed by atoms with Crippen LogP contribution in [0.2, 0.25) is 0 Å². The van der Waals surface area contributed by atoms with Crippen LogP contribution in [-0.4, -0.2) is 15.0 Å². The highest BCUT2D eigenvalue weighted by Gasteiger charge is 2.16. The van der Waals surface area contributed by atoms with E-state index in [0.29, 0.717) is 11.6 Å². The quantitative estimate of drug-likeness (QED) is 0.179. The Balaban J connectivity index is 1.13. The molecule has 2 aromatic heterocycles. The van der Waals surface area contributed by atoms with Crippen molar-refractivity contribution in [2.24, 2.45) is 0 Å². The van der Waals surface area contributed by atoms with E-state index in [1.807, 2.05) is 29.5 Å². The van der Waals surface area contributed by atoms with Gasteiger partial charge in [0, 0.05) is 31.3 Å². The molecule has 3 nitrogen and oxygen atoms in total. The lowest BCUT2D eigenvalue weighted by Gasteiger charge is -2.12. The highest BCUT2D eigenvalue weighted by molar-refractivity contribution is 7.25. The van der Waals surface area contributed by atoms with Gasteiger partial charge < -0.3 is 0 Å². The third-order valence-corrected chi connectivity index (χ3v) is 10.9. The largest absolute Gasteiger partial charge is 0.209 e. The predicted octanol–water partition coefficient (Wildman–Crippen LogP) is 12.4. The van der Waals surface area contributed by atoms with E-state index in [2.05, 4.69) is 133 Å². The second-order valence-corrected chi connectivity index (χ2v) is 13.8. The summed E-state index contributed by atoms with van der Waals surface area (Å²) < 4.78 is 2.53. The third-order valence-electron chi connectivity index (χ3n) is 9.77. The maximum atomic E-state index is 5.04. The van der Waals surface area contributed by atoms with Crippen molar-refractivity contribution in [2.45, 2.75) is 12.8 Å².